The molecule has 0 aliphatic carbocycles. The predicted octanol–water partition coefficient (Wildman–Crippen LogP) is 7.03. The molecular weight excluding hydrogens is 542 g/mol. The molecule has 0 bridgehead atoms. The third-order valence-electron chi connectivity index (χ3n) is 8.50. The highest BCUT2D eigenvalue weighted by Gasteiger charge is 2.40. The van der Waals surface area contributed by atoms with E-state index in [0.717, 1.165) is 70.0 Å². The van der Waals surface area contributed by atoms with Crippen molar-refractivity contribution < 1.29 is 24.2 Å². The highest BCUT2D eigenvalue weighted by atomic mass is 16.6. The fourth-order valence-electron chi connectivity index (χ4n) is 5.95. The van der Waals surface area contributed by atoms with Crippen LogP contribution in [0.4, 0.5) is 10.6 Å². The normalized spacial score (nSPS) is 17.9. The van der Waals surface area contributed by atoms with Gasteiger partial charge >= 0.3 is 12.1 Å². The topological polar surface area (TPSA) is 92.2 Å². The highest BCUT2D eigenvalue weighted by molar-refractivity contribution is 5.89. The maximum atomic E-state index is 13.3. The Kier molecular flexibility index (Phi) is 7.52. The monoisotopic (exact) mass is 577 g/mol. The second kappa shape index (κ2) is 11.4. The number of carboxylic acid groups (broad SMARTS) is 1. The van der Waals surface area contributed by atoms with Gasteiger partial charge in [-0.15, -0.1) is 0 Å². The number of nitrogens with zero attached hydrogens (tertiary/aromatic N) is 3. The summed E-state index contributed by atoms with van der Waals surface area (Å²) in [7, 11) is 1.64. The Morgan fingerprint density at radius 3 is 2.47 bits per heavy atom. The molecule has 2 aliphatic heterocycles. The number of hydrogen-bond donors (Lipinski definition) is 1. The SMILES string of the molecule is COc1ccc(-c2ccc(C(=O)O)cc2C)cc1-c1ccc(N2CCC2)nc1CN1C(=O)OC(c2cccc(C)c2)C1C. The number of methoxy groups -OCH3 is 1. The number of aromatic carboxylic acids is 1. The van der Waals surface area contributed by atoms with Crippen molar-refractivity contribution in [3.8, 4) is 28.0 Å². The van der Waals surface area contributed by atoms with Crippen LogP contribution < -0.4 is 9.64 Å². The average molecular weight is 578 g/mol. The lowest BCUT2D eigenvalue weighted by atomic mass is 9.93. The van der Waals surface area contributed by atoms with Gasteiger partial charge < -0.3 is 19.5 Å². The van der Waals surface area contributed by atoms with Crippen molar-refractivity contribution in [3.05, 3.63) is 101 Å². The molecular formula is C35H35N3O5. The van der Waals surface area contributed by atoms with Crippen molar-refractivity contribution in [2.24, 2.45) is 0 Å². The van der Waals surface area contributed by atoms with Crippen molar-refractivity contribution in [1.82, 2.24) is 9.88 Å². The minimum atomic E-state index is -0.956. The van der Waals surface area contributed by atoms with E-state index < -0.39 is 5.97 Å². The van der Waals surface area contributed by atoms with Crippen LogP contribution in [0.15, 0.2) is 72.8 Å². The Labute approximate surface area is 251 Å². The summed E-state index contributed by atoms with van der Waals surface area (Å²) < 4.78 is 11.7. The Bertz CT molecular complexity index is 1710. The van der Waals surface area contributed by atoms with E-state index in [9.17, 15) is 14.7 Å². The van der Waals surface area contributed by atoms with Gasteiger partial charge in [-0.3, -0.25) is 4.90 Å². The number of amides is 1. The number of anilines is 1. The van der Waals surface area contributed by atoms with Crippen LogP contribution in [0.25, 0.3) is 22.3 Å². The number of hydrogen-bond acceptors (Lipinski definition) is 6. The van der Waals surface area contributed by atoms with Crippen LogP contribution in [-0.2, 0) is 11.3 Å². The lowest BCUT2D eigenvalue weighted by molar-refractivity contribution is 0.0696. The van der Waals surface area contributed by atoms with Gasteiger partial charge in [0.1, 0.15) is 17.7 Å². The molecule has 2 saturated heterocycles. The molecule has 6 rings (SSSR count). The van der Waals surface area contributed by atoms with Crippen LogP contribution >= 0.6 is 0 Å². The molecule has 2 unspecified atom stereocenters. The van der Waals surface area contributed by atoms with Gasteiger partial charge in [-0.2, -0.15) is 0 Å². The summed E-state index contributed by atoms with van der Waals surface area (Å²) in [6.07, 6.45) is 0.391. The number of cyclic esters (lactones) is 1. The van der Waals surface area contributed by atoms with Crippen LogP contribution in [0.1, 0.15) is 52.2 Å². The first-order chi connectivity index (χ1) is 20.7. The second-order valence-corrected chi connectivity index (χ2v) is 11.3. The quantitative estimate of drug-likeness (QED) is 0.240. The van der Waals surface area contributed by atoms with E-state index in [-0.39, 0.29) is 30.3 Å². The molecule has 2 atom stereocenters. The van der Waals surface area contributed by atoms with Gasteiger partial charge in [0, 0.05) is 24.2 Å². The van der Waals surface area contributed by atoms with Crippen molar-refractivity contribution in [3.63, 3.8) is 0 Å². The summed E-state index contributed by atoms with van der Waals surface area (Å²) in [5.41, 5.74) is 7.52. The molecule has 3 heterocycles. The number of benzene rings is 3. The number of carboxylic acids is 1. The first-order valence-electron chi connectivity index (χ1n) is 14.5. The minimum absolute atomic E-state index is 0.194. The Morgan fingerprint density at radius 2 is 1.79 bits per heavy atom. The lowest BCUT2D eigenvalue weighted by Gasteiger charge is -2.33. The van der Waals surface area contributed by atoms with Gasteiger partial charge in [0.2, 0.25) is 0 Å². The van der Waals surface area contributed by atoms with Gasteiger partial charge in [0.05, 0.1) is 31.0 Å². The fourth-order valence-corrected chi connectivity index (χ4v) is 5.95. The van der Waals surface area contributed by atoms with E-state index in [1.807, 2.05) is 69.3 Å². The summed E-state index contributed by atoms with van der Waals surface area (Å²) >= 11 is 0. The van der Waals surface area contributed by atoms with Crippen LogP contribution in [0, 0.1) is 13.8 Å². The van der Waals surface area contributed by atoms with Crippen molar-refractivity contribution in [2.45, 2.75) is 45.9 Å². The number of carbonyl (C=O) groups is 2. The minimum Gasteiger partial charge on any atom is -0.496 e. The number of pyridine rings is 1. The molecule has 3 aromatic carbocycles. The van der Waals surface area contributed by atoms with Gasteiger partial charge in [0.25, 0.3) is 0 Å². The molecule has 2 aliphatic rings. The maximum absolute atomic E-state index is 13.3. The predicted molar refractivity (Wildman–Crippen MR) is 166 cm³/mol. The molecule has 220 valence electrons. The van der Waals surface area contributed by atoms with Crippen LogP contribution in [0.2, 0.25) is 0 Å². The van der Waals surface area contributed by atoms with E-state index in [0.29, 0.717) is 5.75 Å². The summed E-state index contributed by atoms with van der Waals surface area (Å²) in [6, 6.07) is 23.0. The summed E-state index contributed by atoms with van der Waals surface area (Å²) in [5, 5.41) is 9.43. The smallest absolute Gasteiger partial charge is 0.411 e. The second-order valence-electron chi connectivity index (χ2n) is 11.3. The number of aromatic nitrogens is 1. The molecule has 43 heavy (non-hydrogen) atoms. The number of ether oxygens (including phenoxy) is 2. The van der Waals surface area contributed by atoms with Crippen LogP contribution in [0.3, 0.4) is 0 Å². The lowest BCUT2D eigenvalue weighted by Crippen LogP contribution is -2.38. The molecule has 1 N–H and O–H groups in total. The molecule has 0 spiro atoms. The van der Waals surface area contributed by atoms with E-state index in [2.05, 4.69) is 17.0 Å². The van der Waals surface area contributed by atoms with Crippen LogP contribution in [0.5, 0.6) is 5.75 Å². The Hall–Kier alpha value is -4.85. The molecule has 2 fully saturated rings. The molecule has 0 radical (unpaired) electrons. The number of aryl methyl sites for hydroxylation is 2. The van der Waals surface area contributed by atoms with Gasteiger partial charge in [-0.25, -0.2) is 14.6 Å². The van der Waals surface area contributed by atoms with E-state index in [4.69, 9.17) is 14.5 Å². The largest absolute Gasteiger partial charge is 0.496 e. The summed E-state index contributed by atoms with van der Waals surface area (Å²) in [5.74, 6) is 0.607. The van der Waals surface area contributed by atoms with Gasteiger partial charge in [-0.05, 0) is 85.8 Å². The number of carbonyl (C=O) groups excluding carboxylic acids is 1. The number of rotatable bonds is 8. The van der Waals surface area contributed by atoms with E-state index in [1.54, 1.807) is 24.1 Å². The molecule has 1 aromatic heterocycles. The van der Waals surface area contributed by atoms with Crippen LogP contribution in [-0.4, -0.2) is 53.3 Å². The molecule has 8 nitrogen and oxygen atoms in total. The first kappa shape index (κ1) is 28.3. The van der Waals surface area contributed by atoms with Crippen molar-refractivity contribution >= 4 is 17.9 Å². The molecule has 0 saturated carbocycles. The first-order valence-corrected chi connectivity index (χ1v) is 14.5. The summed E-state index contributed by atoms with van der Waals surface area (Å²) in [4.78, 5) is 33.9. The maximum Gasteiger partial charge on any atom is 0.411 e. The average Bonchev–Trinajstić information content (AvgIpc) is 3.24. The Morgan fingerprint density at radius 1 is 1.00 bits per heavy atom. The zero-order valence-electron chi connectivity index (χ0n) is 24.8. The fraction of sp³-hybridized carbons (Fsp3) is 0.286. The van der Waals surface area contributed by atoms with Crippen molar-refractivity contribution in [1.29, 1.82) is 0 Å². The molecule has 8 heteroatoms. The third kappa shape index (κ3) is 5.41. The van der Waals surface area contributed by atoms with Gasteiger partial charge in [-0.1, -0.05) is 42.0 Å². The zero-order chi connectivity index (χ0) is 30.2. The Balaban J connectivity index is 1.41. The van der Waals surface area contributed by atoms with Gasteiger partial charge in [0.15, 0.2) is 0 Å². The van der Waals surface area contributed by atoms with E-state index >= 15 is 0 Å². The summed E-state index contributed by atoms with van der Waals surface area (Å²) in [6.45, 7) is 8.14. The molecule has 1 amide bonds. The standard InChI is InChI=1S/C35H35N3O5/c1-21-7-5-8-25(17-21)33-23(3)38(35(41)43-33)20-30-28(12-14-32(36-30)37-15-6-16-37)29-19-24(10-13-31(29)42-4)27-11-9-26(34(39)40)18-22(27)2/h5,7-14,17-19,23,33H,6,15-16,20H2,1-4H3,(H,39,40). The van der Waals surface area contributed by atoms with E-state index in [1.165, 1.54) is 0 Å². The highest BCUT2D eigenvalue weighted by Crippen LogP contribution is 2.40. The zero-order valence-corrected chi connectivity index (χ0v) is 24.8. The third-order valence-corrected chi connectivity index (χ3v) is 8.50. The molecule has 4 aromatic rings. The van der Waals surface area contributed by atoms with Crippen molar-refractivity contribution in [2.75, 3.05) is 25.1 Å².